The molecule has 0 saturated heterocycles. The number of rotatable bonds is 5. The number of aromatic nitrogens is 3. The number of nitrogens with zero attached hydrogens (tertiary/aromatic N) is 3. The van der Waals surface area contributed by atoms with E-state index in [0.717, 1.165) is 77.5 Å². The van der Waals surface area contributed by atoms with Gasteiger partial charge in [-0.1, -0.05) is 98.1 Å². The molecule has 198 valence electrons. The fourth-order valence-electron chi connectivity index (χ4n) is 6.13. The monoisotopic (exact) mass is 539 g/mol. The Morgan fingerprint density at radius 2 is 1.43 bits per heavy atom. The van der Waals surface area contributed by atoms with Gasteiger partial charge in [0.15, 0.2) is 5.82 Å². The topological polar surface area (TPSA) is 43.9 Å². The highest BCUT2D eigenvalue weighted by molar-refractivity contribution is 6.12. The van der Waals surface area contributed by atoms with Crippen LogP contribution < -0.4 is 0 Å². The van der Waals surface area contributed by atoms with Gasteiger partial charge in [0.2, 0.25) is 0 Å². The molecule has 0 amide bonds. The molecular weight excluding hydrogens is 514 g/mol. The van der Waals surface area contributed by atoms with Crippen LogP contribution in [-0.2, 0) is 0 Å². The zero-order chi connectivity index (χ0) is 28.2. The van der Waals surface area contributed by atoms with Crippen LogP contribution >= 0.6 is 0 Å². The molecule has 0 aliphatic rings. The maximum atomic E-state index is 6.48. The van der Waals surface area contributed by atoms with E-state index in [1.54, 1.807) is 0 Å². The first-order valence-corrected chi connectivity index (χ1v) is 13.9. The van der Waals surface area contributed by atoms with Gasteiger partial charge in [0.25, 0.3) is 0 Å². The number of fused-ring (bicyclic) bond motifs is 5. The lowest BCUT2D eigenvalue weighted by Crippen LogP contribution is -1.97. The minimum absolute atomic E-state index is 0.672. The van der Waals surface area contributed by atoms with Crippen molar-refractivity contribution >= 4 is 55.9 Å². The van der Waals surface area contributed by atoms with Gasteiger partial charge in [0.05, 0.1) is 22.4 Å². The maximum absolute atomic E-state index is 6.48. The normalized spacial score (nSPS) is 11.5. The second-order valence-electron chi connectivity index (χ2n) is 10.3. The van der Waals surface area contributed by atoms with Gasteiger partial charge in [0, 0.05) is 50.0 Å². The summed E-state index contributed by atoms with van der Waals surface area (Å²) in [7, 11) is 0. The lowest BCUT2D eigenvalue weighted by atomic mass is 10.0. The van der Waals surface area contributed by atoms with E-state index < -0.39 is 0 Å². The van der Waals surface area contributed by atoms with Crippen LogP contribution in [0.2, 0.25) is 0 Å². The van der Waals surface area contributed by atoms with Gasteiger partial charge >= 0.3 is 0 Å². The van der Waals surface area contributed by atoms with E-state index in [1.165, 1.54) is 0 Å². The second kappa shape index (κ2) is 9.43. The van der Waals surface area contributed by atoms with Crippen LogP contribution in [0, 0.1) is 0 Å². The first-order chi connectivity index (χ1) is 20.7. The molecule has 0 spiro atoms. The van der Waals surface area contributed by atoms with Crippen LogP contribution in [-0.4, -0.2) is 14.5 Å². The number of benzene rings is 5. The summed E-state index contributed by atoms with van der Waals surface area (Å²) in [4.78, 5) is 10.2. The average molecular weight is 540 g/mol. The van der Waals surface area contributed by atoms with Crippen molar-refractivity contribution in [1.29, 1.82) is 0 Å². The summed E-state index contributed by atoms with van der Waals surface area (Å²) >= 11 is 0. The molecule has 0 bridgehead atoms. The number of para-hydroxylation sites is 2. The highest BCUT2D eigenvalue weighted by Crippen LogP contribution is 2.39. The van der Waals surface area contributed by atoms with Crippen molar-refractivity contribution in [2.45, 2.75) is 0 Å². The standard InChI is InChI=1S/C38H25N3O/c1-3-26-27-15-9-11-19-33(27)41(32(26)4-2)25-21-22-29-35(23-25)42-34-20-12-17-30(36(29)34)38-39-31-18-10-8-16-28(31)37(40-38)24-13-6-5-7-14-24/h3-23H,1-2H2. The summed E-state index contributed by atoms with van der Waals surface area (Å²) in [6.45, 7) is 8.17. The smallest absolute Gasteiger partial charge is 0.161 e. The van der Waals surface area contributed by atoms with E-state index in [1.807, 2.05) is 60.7 Å². The molecule has 0 aliphatic carbocycles. The second-order valence-corrected chi connectivity index (χ2v) is 10.3. The minimum Gasteiger partial charge on any atom is -0.456 e. The Kier molecular flexibility index (Phi) is 5.41. The number of furan rings is 1. The molecule has 0 N–H and O–H groups in total. The fraction of sp³-hybridized carbons (Fsp3) is 0. The lowest BCUT2D eigenvalue weighted by Gasteiger charge is -2.10. The van der Waals surface area contributed by atoms with Crippen LogP contribution in [0.15, 0.2) is 133 Å². The third kappa shape index (κ3) is 3.55. The predicted octanol–water partition coefficient (Wildman–Crippen LogP) is 10.1. The SMILES string of the molecule is C=Cc1c(C=C)n(-c2ccc3c(c2)oc2cccc(-c4nc(-c5ccccc5)c5ccccc5n4)c23)c2ccccc12. The summed E-state index contributed by atoms with van der Waals surface area (Å²) in [5, 5.41) is 4.18. The predicted molar refractivity (Wildman–Crippen MR) is 175 cm³/mol. The van der Waals surface area contributed by atoms with Crippen molar-refractivity contribution in [3.63, 3.8) is 0 Å². The molecule has 0 radical (unpaired) electrons. The first-order valence-electron chi connectivity index (χ1n) is 13.9. The third-order valence-electron chi connectivity index (χ3n) is 7.98. The summed E-state index contributed by atoms with van der Waals surface area (Å²) < 4.78 is 8.70. The van der Waals surface area contributed by atoms with Crippen molar-refractivity contribution in [1.82, 2.24) is 14.5 Å². The van der Waals surface area contributed by atoms with Gasteiger partial charge in [-0.3, -0.25) is 0 Å². The lowest BCUT2D eigenvalue weighted by molar-refractivity contribution is 0.668. The molecule has 0 aliphatic heterocycles. The Hall–Kier alpha value is -5.74. The quantitative estimate of drug-likeness (QED) is 0.219. The number of hydrogen-bond acceptors (Lipinski definition) is 3. The van der Waals surface area contributed by atoms with E-state index in [2.05, 4.69) is 84.5 Å². The maximum Gasteiger partial charge on any atom is 0.161 e. The highest BCUT2D eigenvalue weighted by Gasteiger charge is 2.19. The average Bonchev–Trinajstić information content (AvgIpc) is 3.59. The Labute approximate surface area is 242 Å². The van der Waals surface area contributed by atoms with Gasteiger partial charge in [-0.15, -0.1) is 0 Å². The Morgan fingerprint density at radius 1 is 0.643 bits per heavy atom. The fourth-order valence-corrected chi connectivity index (χ4v) is 6.13. The Bertz CT molecular complexity index is 2340. The molecule has 0 fully saturated rings. The number of hydrogen-bond donors (Lipinski definition) is 0. The molecule has 0 atom stereocenters. The van der Waals surface area contributed by atoms with Crippen molar-refractivity contribution in [2.75, 3.05) is 0 Å². The van der Waals surface area contributed by atoms with Gasteiger partial charge in [-0.25, -0.2) is 9.97 Å². The van der Waals surface area contributed by atoms with E-state index in [0.29, 0.717) is 5.82 Å². The van der Waals surface area contributed by atoms with E-state index in [4.69, 9.17) is 14.4 Å². The molecule has 4 heteroatoms. The summed E-state index contributed by atoms with van der Waals surface area (Å²) in [5.41, 5.74) is 9.57. The van der Waals surface area contributed by atoms with Crippen molar-refractivity contribution in [3.05, 3.63) is 140 Å². The zero-order valence-electron chi connectivity index (χ0n) is 22.8. The van der Waals surface area contributed by atoms with E-state index in [9.17, 15) is 0 Å². The van der Waals surface area contributed by atoms with Gasteiger partial charge in [-0.2, -0.15) is 0 Å². The summed E-state index contributed by atoms with van der Waals surface area (Å²) in [5.74, 6) is 0.672. The van der Waals surface area contributed by atoms with Crippen molar-refractivity contribution in [3.8, 4) is 28.3 Å². The first kappa shape index (κ1) is 24.1. The molecule has 0 saturated carbocycles. The van der Waals surface area contributed by atoms with Crippen LogP contribution in [0.5, 0.6) is 0 Å². The molecule has 3 heterocycles. The Balaban J connectivity index is 1.36. The van der Waals surface area contributed by atoms with Gasteiger partial charge in [-0.05, 0) is 36.4 Å². The Morgan fingerprint density at radius 3 is 2.26 bits per heavy atom. The summed E-state index contributed by atoms with van der Waals surface area (Å²) in [6.07, 6.45) is 3.79. The van der Waals surface area contributed by atoms with E-state index >= 15 is 0 Å². The molecule has 5 aromatic carbocycles. The molecular formula is C38H25N3O. The van der Waals surface area contributed by atoms with Crippen LogP contribution in [0.3, 0.4) is 0 Å². The van der Waals surface area contributed by atoms with Crippen LogP contribution in [0.1, 0.15) is 11.3 Å². The molecule has 3 aromatic heterocycles. The third-order valence-corrected chi connectivity index (χ3v) is 7.98. The van der Waals surface area contributed by atoms with Crippen LogP contribution in [0.25, 0.3) is 84.2 Å². The van der Waals surface area contributed by atoms with E-state index in [-0.39, 0.29) is 0 Å². The largest absolute Gasteiger partial charge is 0.456 e. The van der Waals surface area contributed by atoms with Crippen LogP contribution in [0.4, 0.5) is 0 Å². The molecule has 42 heavy (non-hydrogen) atoms. The minimum atomic E-state index is 0.672. The molecule has 8 rings (SSSR count). The molecule has 4 nitrogen and oxygen atoms in total. The van der Waals surface area contributed by atoms with Crippen molar-refractivity contribution in [2.24, 2.45) is 0 Å². The van der Waals surface area contributed by atoms with Gasteiger partial charge in [0.1, 0.15) is 11.2 Å². The molecule has 8 aromatic rings. The van der Waals surface area contributed by atoms with Crippen molar-refractivity contribution < 1.29 is 4.42 Å². The molecule has 0 unspecified atom stereocenters. The van der Waals surface area contributed by atoms with Gasteiger partial charge < -0.3 is 8.98 Å². The summed E-state index contributed by atoms with van der Waals surface area (Å²) in [6, 6.07) is 39.3. The zero-order valence-corrected chi connectivity index (χ0v) is 22.8. The highest BCUT2D eigenvalue weighted by atomic mass is 16.3.